The predicted octanol–water partition coefficient (Wildman–Crippen LogP) is 0.466. The van der Waals surface area contributed by atoms with Crippen molar-refractivity contribution in [2.24, 2.45) is 9.98 Å². The summed E-state index contributed by atoms with van der Waals surface area (Å²) in [5.41, 5.74) is 0. The average Bonchev–Trinajstić information content (AvgIpc) is 3.11. The number of hydrogen-bond donors (Lipinski definition) is 1. The molecule has 0 aliphatic carbocycles. The molecule has 1 aromatic carbocycles. The standard InChI is InChI=1S/C20H22F2N6O2/c1-3-4-10-28-15-17(24-19(28)27-11-8-23-9-12-27)25-20(26(2)18(15)29)30-16-13(21)6-5-7-14(16)22/h5-7,15,17,23H,8-12H2,1-2H3. The summed E-state index contributed by atoms with van der Waals surface area (Å²) in [7, 11) is 1.46. The molecule has 10 heteroatoms. The van der Waals surface area contributed by atoms with Crippen LogP contribution in [0, 0.1) is 23.5 Å². The van der Waals surface area contributed by atoms with Crippen molar-refractivity contribution in [2.45, 2.75) is 19.1 Å². The van der Waals surface area contributed by atoms with Crippen molar-refractivity contribution < 1.29 is 18.3 Å². The van der Waals surface area contributed by atoms with E-state index in [0.29, 0.717) is 12.5 Å². The van der Waals surface area contributed by atoms with E-state index in [4.69, 9.17) is 4.74 Å². The Morgan fingerprint density at radius 2 is 1.93 bits per heavy atom. The third kappa shape index (κ3) is 3.57. The minimum absolute atomic E-state index is 0.197. The van der Waals surface area contributed by atoms with Crippen molar-refractivity contribution in [2.75, 3.05) is 39.8 Å². The summed E-state index contributed by atoms with van der Waals surface area (Å²) in [4.78, 5) is 27.3. The van der Waals surface area contributed by atoms with Crippen molar-refractivity contribution in [1.29, 1.82) is 0 Å². The van der Waals surface area contributed by atoms with Crippen molar-refractivity contribution in [1.82, 2.24) is 20.0 Å². The normalized spacial score (nSPS) is 23.5. The summed E-state index contributed by atoms with van der Waals surface area (Å²) in [6.45, 7) is 5.15. The lowest BCUT2D eigenvalue weighted by Crippen LogP contribution is -2.59. The Labute approximate surface area is 173 Å². The Bertz CT molecular complexity index is 944. The predicted molar refractivity (Wildman–Crippen MR) is 107 cm³/mol. The zero-order chi connectivity index (χ0) is 21.3. The van der Waals surface area contributed by atoms with Gasteiger partial charge in [0.25, 0.3) is 5.91 Å². The van der Waals surface area contributed by atoms with Gasteiger partial charge in [-0.3, -0.25) is 9.69 Å². The maximum Gasteiger partial charge on any atom is 0.302 e. The topological polar surface area (TPSA) is 72.8 Å². The van der Waals surface area contributed by atoms with Gasteiger partial charge in [-0.15, -0.1) is 5.92 Å². The molecule has 0 aromatic heterocycles. The number of piperazine rings is 1. The molecule has 0 saturated carbocycles. The number of carbonyl (C=O) groups is 1. The third-order valence-electron chi connectivity index (χ3n) is 5.17. The lowest BCUT2D eigenvalue weighted by Gasteiger charge is -2.37. The van der Waals surface area contributed by atoms with Crippen LogP contribution in [0.15, 0.2) is 28.2 Å². The molecule has 1 amide bonds. The smallest absolute Gasteiger partial charge is 0.302 e. The Kier molecular flexibility index (Phi) is 5.55. The number of amides is 1. The summed E-state index contributed by atoms with van der Waals surface area (Å²) in [6.07, 6.45) is -0.776. The fourth-order valence-electron chi connectivity index (χ4n) is 3.63. The second-order valence-corrected chi connectivity index (χ2v) is 7.04. The van der Waals surface area contributed by atoms with E-state index >= 15 is 0 Å². The quantitative estimate of drug-likeness (QED) is 0.710. The lowest BCUT2D eigenvalue weighted by atomic mass is 10.1. The van der Waals surface area contributed by atoms with Crippen LogP contribution in [0.3, 0.4) is 0 Å². The fourth-order valence-corrected chi connectivity index (χ4v) is 3.63. The number of amidine groups is 1. The lowest BCUT2D eigenvalue weighted by molar-refractivity contribution is -0.132. The van der Waals surface area contributed by atoms with Gasteiger partial charge in [0.1, 0.15) is 0 Å². The Morgan fingerprint density at radius 1 is 1.23 bits per heavy atom. The summed E-state index contributed by atoms with van der Waals surface area (Å²) in [6, 6.07) is 2.51. The second-order valence-electron chi connectivity index (χ2n) is 7.04. The molecule has 1 saturated heterocycles. The van der Waals surface area contributed by atoms with Gasteiger partial charge < -0.3 is 19.9 Å². The highest BCUT2D eigenvalue weighted by Gasteiger charge is 2.48. The van der Waals surface area contributed by atoms with Gasteiger partial charge in [0.05, 0.1) is 6.54 Å². The van der Waals surface area contributed by atoms with Crippen LogP contribution in [0.25, 0.3) is 0 Å². The minimum atomic E-state index is -0.878. The summed E-state index contributed by atoms with van der Waals surface area (Å²) in [5, 5.41) is 3.28. The van der Waals surface area contributed by atoms with Crippen molar-refractivity contribution in [3.05, 3.63) is 29.8 Å². The molecule has 158 valence electrons. The highest BCUT2D eigenvalue weighted by Crippen LogP contribution is 2.28. The fraction of sp³-hybridized carbons (Fsp3) is 0.450. The summed E-state index contributed by atoms with van der Waals surface area (Å²) in [5.74, 6) is 3.81. The monoisotopic (exact) mass is 416 g/mol. The zero-order valence-electron chi connectivity index (χ0n) is 16.7. The highest BCUT2D eigenvalue weighted by atomic mass is 19.1. The molecular weight excluding hydrogens is 394 g/mol. The number of hydrogen-bond acceptors (Lipinski definition) is 7. The Balaban J connectivity index is 1.67. The molecule has 30 heavy (non-hydrogen) atoms. The molecule has 8 nitrogen and oxygen atoms in total. The Morgan fingerprint density at radius 3 is 2.60 bits per heavy atom. The van der Waals surface area contributed by atoms with Crippen LogP contribution < -0.4 is 10.1 Å². The van der Waals surface area contributed by atoms with Gasteiger partial charge in [0, 0.05) is 33.2 Å². The number of ether oxygens (including phenoxy) is 1. The number of aliphatic imine (C=N–C) groups is 2. The van der Waals surface area contributed by atoms with Crippen molar-refractivity contribution in [3.8, 4) is 17.6 Å². The van der Waals surface area contributed by atoms with Crippen LogP contribution in [0.4, 0.5) is 8.78 Å². The van der Waals surface area contributed by atoms with E-state index < -0.39 is 29.6 Å². The molecule has 2 unspecified atom stereocenters. The largest absolute Gasteiger partial charge is 0.419 e. The first-order valence-electron chi connectivity index (χ1n) is 9.68. The van der Waals surface area contributed by atoms with Gasteiger partial charge in [-0.05, 0) is 19.1 Å². The molecule has 3 aliphatic heterocycles. The number of rotatable bonds is 2. The maximum absolute atomic E-state index is 14.0. The van der Waals surface area contributed by atoms with E-state index in [9.17, 15) is 13.6 Å². The van der Waals surface area contributed by atoms with E-state index in [2.05, 4.69) is 32.0 Å². The molecule has 1 aromatic rings. The van der Waals surface area contributed by atoms with Crippen molar-refractivity contribution in [3.63, 3.8) is 0 Å². The molecule has 4 rings (SSSR count). The van der Waals surface area contributed by atoms with E-state index in [1.165, 1.54) is 13.1 Å². The molecule has 1 fully saturated rings. The number of nitrogens with one attached hydrogen (secondary N) is 1. The molecule has 1 N–H and O–H groups in total. The van der Waals surface area contributed by atoms with E-state index in [1.54, 1.807) is 6.92 Å². The summed E-state index contributed by atoms with van der Waals surface area (Å²) >= 11 is 0. The molecule has 0 spiro atoms. The van der Waals surface area contributed by atoms with Crippen molar-refractivity contribution >= 4 is 17.9 Å². The van der Waals surface area contributed by atoms with Crippen LogP contribution in [0.2, 0.25) is 0 Å². The number of halogens is 2. The number of carbonyl (C=O) groups excluding carboxylic acids is 1. The number of guanidine groups is 1. The number of nitrogens with zero attached hydrogens (tertiary/aromatic N) is 5. The molecule has 3 heterocycles. The Hall–Kier alpha value is -3.19. The SMILES string of the molecule is CC#CCN1C(N2CCNCC2)=NC2N=C(Oc3c(F)cccc3F)N(C)C(=O)C21. The van der Waals surface area contributed by atoms with Crippen LogP contribution in [-0.2, 0) is 4.79 Å². The molecule has 0 bridgehead atoms. The van der Waals surface area contributed by atoms with Crippen LogP contribution >= 0.6 is 0 Å². The minimum Gasteiger partial charge on any atom is -0.419 e. The molecule has 0 radical (unpaired) electrons. The summed E-state index contributed by atoms with van der Waals surface area (Å²) < 4.78 is 33.4. The first-order chi connectivity index (χ1) is 14.5. The van der Waals surface area contributed by atoms with E-state index in [0.717, 1.165) is 43.2 Å². The second kappa shape index (κ2) is 8.28. The third-order valence-corrected chi connectivity index (χ3v) is 5.17. The van der Waals surface area contributed by atoms with Crippen LogP contribution in [0.5, 0.6) is 5.75 Å². The van der Waals surface area contributed by atoms with Gasteiger partial charge in [-0.1, -0.05) is 12.0 Å². The number of likely N-dealkylation sites (N-methyl/N-ethyl adjacent to an activating group) is 1. The average molecular weight is 416 g/mol. The van der Waals surface area contributed by atoms with Gasteiger partial charge in [-0.2, -0.15) is 0 Å². The molecule has 3 aliphatic rings. The molecule has 2 atom stereocenters. The van der Waals surface area contributed by atoms with Gasteiger partial charge in [-0.25, -0.2) is 18.8 Å². The van der Waals surface area contributed by atoms with Crippen LogP contribution in [0.1, 0.15) is 6.92 Å². The number of fused-ring (bicyclic) bond motifs is 1. The zero-order valence-corrected chi connectivity index (χ0v) is 16.7. The van der Waals surface area contributed by atoms with Gasteiger partial charge in [0.15, 0.2) is 23.8 Å². The first-order valence-corrected chi connectivity index (χ1v) is 9.68. The van der Waals surface area contributed by atoms with Gasteiger partial charge in [0.2, 0.25) is 11.7 Å². The maximum atomic E-state index is 14.0. The van der Waals surface area contributed by atoms with E-state index in [1.807, 2.05) is 4.90 Å². The highest BCUT2D eigenvalue weighted by molar-refractivity contribution is 6.03. The first kappa shape index (κ1) is 20.1. The molecular formula is C20H22F2N6O2. The van der Waals surface area contributed by atoms with Crippen LogP contribution in [-0.4, -0.2) is 84.6 Å². The number of para-hydroxylation sites is 1. The van der Waals surface area contributed by atoms with Gasteiger partial charge >= 0.3 is 6.02 Å². The van der Waals surface area contributed by atoms with E-state index in [-0.39, 0.29) is 11.9 Å². The number of benzene rings is 1.